The van der Waals surface area contributed by atoms with Crippen LogP contribution in [0.4, 0.5) is 5.82 Å². The number of nitrogens with zero attached hydrogens (tertiary/aromatic N) is 2. The highest BCUT2D eigenvalue weighted by atomic mass is 79.9. The van der Waals surface area contributed by atoms with Crippen molar-refractivity contribution in [2.75, 3.05) is 23.9 Å². The van der Waals surface area contributed by atoms with Crippen molar-refractivity contribution in [2.24, 2.45) is 0 Å². The first-order chi connectivity index (χ1) is 6.72. The number of aromatic nitrogens is 2. The molecule has 0 spiro atoms. The zero-order chi connectivity index (χ0) is 10.4. The van der Waals surface area contributed by atoms with Crippen molar-refractivity contribution in [3.05, 3.63) is 16.5 Å². The van der Waals surface area contributed by atoms with Gasteiger partial charge >= 0.3 is 0 Å². The van der Waals surface area contributed by atoms with Crippen LogP contribution in [0.1, 0.15) is 12.2 Å². The van der Waals surface area contributed by atoms with Gasteiger partial charge in [0.15, 0.2) is 0 Å². The minimum Gasteiger partial charge on any atom is -0.370 e. The number of aryl methyl sites for hydroxylation is 1. The van der Waals surface area contributed by atoms with Crippen LogP contribution in [0.5, 0.6) is 0 Å². The third-order valence-electron chi connectivity index (χ3n) is 1.64. The molecule has 5 heteroatoms. The quantitative estimate of drug-likeness (QED) is 0.663. The second kappa shape index (κ2) is 6.24. The summed E-state index contributed by atoms with van der Waals surface area (Å²) in [5.41, 5.74) is 0. The zero-order valence-corrected chi connectivity index (χ0v) is 10.8. The Morgan fingerprint density at radius 3 is 2.93 bits per heavy atom. The fraction of sp³-hybridized carbons (Fsp3) is 0.556. The average molecular weight is 276 g/mol. The summed E-state index contributed by atoms with van der Waals surface area (Å²) < 4.78 is 0.831. The van der Waals surface area contributed by atoms with Crippen LogP contribution < -0.4 is 5.32 Å². The molecule has 1 rings (SSSR count). The van der Waals surface area contributed by atoms with Gasteiger partial charge in [-0.1, -0.05) is 0 Å². The van der Waals surface area contributed by atoms with Gasteiger partial charge < -0.3 is 5.32 Å². The topological polar surface area (TPSA) is 37.8 Å². The lowest BCUT2D eigenvalue weighted by Gasteiger charge is -2.05. The van der Waals surface area contributed by atoms with Gasteiger partial charge in [0.05, 0.1) is 0 Å². The van der Waals surface area contributed by atoms with Crippen molar-refractivity contribution < 1.29 is 0 Å². The fourth-order valence-corrected chi connectivity index (χ4v) is 1.96. The monoisotopic (exact) mass is 275 g/mol. The van der Waals surface area contributed by atoms with Crippen molar-refractivity contribution in [3.8, 4) is 0 Å². The highest BCUT2D eigenvalue weighted by molar-refractivity contribution is 9.10. The van der Waals surface area contributed by atoms with Crippen LogP contribution in [0, 0.1) is 6.92 Å². The zero-order valence-electron chi connectivity index (χ0n) is 8.38. The third-order valence-corrected chi connectivity index (χ3v) is 2.74. The predicted octanol–water partition coefficient (Wildman–Crippen LogP) is 2.71. The molecule has 1 aromatic heterocycles. The Labute approximate surface area is 97.2 Å². The highest BCUT2D eigenvalue weighted by Gasteiger charge is 1.98. The van der Waals surface area contributed by atoms with Crippen molar-refractivity contribution >= 4 is 33.5 Å². The van der Waals surface area contributed by atoms with E-state index in [2.05, 4.69) is 37.5 Å². The van der Waals surface area contributed by atoms with Gasteiger partial charge in [-0.2, -0.15) is 11.8 Å². The summed E-state index contributed by atoms with van der Waals surface area (Å²) >= 11 is 5.20. The maximum Gasteiger partial charge on any atom is 0.130 e. The molecule has 0 atom stereocenters. The minimum atomic E-state index is 0.784. The summed E-state index contributed by atoms with van der Waals surface area (Å²) in [6, 6.07) is 1.89. The van der Waals surface area contributed by atoms with Gasteiger partial charge in [-0.3, -0.25) is 0 Å². The number of rotatable bonds is 5. The van der Waals surface area contributed by atoms with Crippen LogP contribution in [-0.2, 0) is 0 Å². The second-order valence-electron chi connectivity index (χ2n) is 2.90. The molecule has 0 aliphatic heterocycles. The van der Waals surface area contributed by atoms with Crippen LogP contribution >= 0.6 is 27.7 Å². The van der Waals surface area contributed by atoms with E-state index in [-0.39, 0.29) is 0 Å². The molecule has 0 saturated heterocycles. The van der Waals surface area contributed by atoms with Crippen molar-refractivity contribution in [1.82, 2.24) is 9.97 Å². The molecule has 0 aromatic carbocycles. The van der Waals surface area contributed by atoms with Gasteiger partial charge in [0.1, 0.15) is 16.2 Å². The Morgan fingerprint density at radius 1 is 1.50 bits per heavy atom. The Morgan fingerprint density at radius 2 is 2.29 bits per heavy atom. The van der Waals surface area contributed by atoms with Crippen LogP contribution in [0.15, 0.2) is 10.7 Å². The molecule has 1 N–H and O–H groups in total. The molecule has 0 fully saturated rings. The first-order valence-corrected chi connectivity index (χ1v) is 6.65. The van der Waals surface area contributed by atoms with E-state index in [0.29, 0.717) is 0 Å². The summed E-state index contributed by atoms with van der Waals surface area (Å²) in [6.07, 6.45) is 3.27. The maximum atomic E-state index is 4.27. The number of anilines is 1. The van der Waals surface area contributed by atoms with E-state index >= 15 is 0 Å². The predicted molar refractivity (Wildman–Crippen MR) is 66.0 cm³/mol. The van der Waals surface area contributed by atoms with Gasteiger partial charge in [-0.25, -0.2) is 9.97 Å². The number of halogens is 1. The lowest BCUT2D eigenvalue weighted by atomic mass is 10.4. The summed E-state index contributed by atoms with van der Waals surface area (Å²) in [5, 5.41) is 3.27. The summed E-state index contributed by atoms with van der Waals surface area (Å²) in [7, 11) is 0. The van der Waals surface area contributed by atoms with Crippen molar-refractivity contribution in [1.29, 1.82) is 0 Å². The van der Waals surface area contributed by atoms with Crippen LogP contribution in [0.2, 0.25) is 0 Å². The number of hydrogen-bond donors (Lipinski definition) is 1. The van der Waals surface area contributed by atoms with Gasteiger partial charge in [-0.15, -0.1) is 0 Å². The van der Waals surface area contributed by atoms with Crippen LogP contribution in [-0.4, -0.2) is 28.5 Å². The van der Waals surface area contributed by atoms with Crippen molar-refractivity contribution in [2.45, 2.75) is 13.3 Å². The summed E-state index contributed by atoms with van der Waals surface area (Å²) in [5.74, 6) is 2.86. The van der Waals surface area contributed by atoms with Gasteiger partial charge in [-0.05, 0) is 41.3 Å². The first kappa shape index (κ1) is 11.8. The third kappa shape index (κ3) is 4.28. The van der Waals surface area contributed by atoms with E-state index in [9.17, 15) is 0 Å². The van der Waals surface area contributed by atoms with Crippen molar-refractivity contribution in [3.63, 3.8) is 0 Å². The molecule has 0 amide bonds. The molecular weight excluding hydrogens is 262 g/mol. The fourth-order valence-electron chi connectivity index (χ4n) is 1.05. The number of hydrogen-bond acceptors (Lipinski definition) is 4. The Bertz CT molecular complexity index is 273. The van der Waals surface area contributed by atoms with Gasteiger partial charge in [0.2, 0.25) is 0 Å². The smallest absolute Gasteiger partial charge is 0.130 e. The molecule has 0 aliphatic carbocycles. The summed E-state index contributed by atoms with van der Waals surface area (Å²) in [4.78, 5) is 8.41. The Hall–Kier alpha value is -0.290. The Kier molecular flexibility index (Phi) is 5.25. The molecule has 0 radical (unpaired) electrons. The lowest BCUT2D eigenvalue weighted by molar-refractivity contribution is 0.959. The van der Waals surface area contributed by atoms with E-state index < -0.39 is 0 Å². The average Bonchev–Trinajstić information content (AvgIpc) is 2.11. The molecule has 0 aliphatic rings. The normalized spacial score (nSPS) is 10.2. The largest absolute Gasteiger partial charge is 0.370 e. The molecule has 78 valence electrons. The summed E-state index contributed by atoms with van der Waals surface area (Å²) in [6.45, 7) is 2.85. The van der Waals surface area contributed by atoms with E-state index in [1.807, 2.05) is 24.8 Å². The Balaban J connectivity index is 2.42. The number of nitrogens with one attached hydrogen (secondary N) is 1. The minimum absolute atomic E-state index is 0.784. The molecule has 0 unspecified atom stereocenters. The standard InChI is InChI=1S/C9H14BrN3S/c1-7-12-8(10)6-9(13-7)11-4-3-5-14-2/h6H,3-5H2,1-2H3,(H,11,12,13). The van der Waals surface area contributed by atoms with E-state index in [1.54, 1.807) is 0 Å². The molecular formula is C9H14BrN3S. The van der Waals surface area contributed by atoms with E-state index in [0.717, 1.165) is 29.2 Å². The van der Waals surface area contributed by atoms with Gasteiger partial charge in [0, 0.05) is 12.6 Å². The van der Waals surface area contributed by atoms with E-state index in [4.69, 9.17) is 0 Å². The molecule has 0 bridgehead atoms. The molecule has 0 saturated carbocycles. The number of thioether (sulfide) groups is 1. The lowest BCUT2D eigenvalue weighted by Crippen LogP contribution is -2.05. The van der Waals surface area contributed by atoms with Crippen LogP contribution in [0.25, 0.3) is 0 Å². The molecule has 3 nitrogen and oxygen atoms in total. The molecule has 1 aromatic rings. The highest BCUT2D eigenvalue weighted by Crippen LogP contribution is 2.11. The molecule has 1 heterocycles. The second-order valence-corrected chi connectivity index (χ2v) is 4.69. The van der Waals surface area contributed by atoms with Gasteiger partial charge in [0.25, 0.3) is 0 Å². The van der Waals surface area contributed by atoms with Crippen LogP contribution in [0.3, 0.4) is 0 Å². The SMILES string of the molecule is CSCCCNc1cc(Br)nc(C)n1. The van der Waals surface area contributed by atoms with E-state index in [1.165, 1.54) is 5.75 Å². The molecule has 14 heavy (non-hydrogen) atoms. The first-order valence-electron chi connectivity index (χ1n) is 4.46. The maximum absolute atomic E-state index is 4.27.